The number of ether oxygens (including phenoxy) is 1. The van der Waals surface area contributed by atoms with E-state index >= 15 is 0 Å². The summed E-state index contributed by atoms with van der Waals surface area (Å²) in [4.78, 5) is 36.4. The molecule has 148 valence electrons. The van der Waals surface area contributed by atoms with Crippen molar-refractivity contribution in [2.45, 2.75) is 11.6 Å². The molecule has 0 spiro atoms. The van der Waals surface area contributed by atoms with Gasteiger partial charge in [-0.15, -0.1) is 0 Å². The average Bonchev–Trinajstić information content (AvgIpc) is 2.73. The molecular formula is C19H17N5O4S. The molecule has 0 unspecified atom stereocenters. The molecule has 0 saturated heterocycles. The highest BCUT2D eigenvalue weighted by Crippen LogP contribution is 2.17. The molecule has 10 heteroatoms. The van der Waals surface area contributed by atoms with Gasteiger partial charge < -0.3 is 4.74 Å². The molecule has 0 atom stereocenters. The molecule has 2 aromatic carbocycles. The molecule has 0 aliphatic heterocycles. The Morgan fingerprint density at radius 3 is 2.69 bits per heavy atom. The summed E-state index contributed by atoms with van der Waals surface area (Å²) >= 11 is 0.883. The number of benzene rings is 2. The van der Waals surface area contributed by atoms with Crippen molar-refractivity contribution in [2.75, 3.05) is 5.75 Å². The fraction of sp³-hybridized carbons (Fsp3) is 0.105. The summed E-state index contributed by atoms with van der Waals surface area (Å²) < 4.78 is 5.83. The average molecular weight is 411 g/mol. The van der Waals surface area contributed by atoms with E-state index in [-0.39, 0.29) is 10.8 Å². The topological polar surface area (TPSA) is 129 Å². The fourth-order valence-corrected chi connectivity index (χ4v) is 2.85. The Hall–Kier alpha value is -3.66. The number of aromatic nitrogens is 3. The second-order valence-corrected chi connectivity index (χ2v) is 6.67. The maximum atomic E-state index is 11.9. The van der Waals surface area contributed by atoms with E-state index in [1.807, 2.05) is 59.6 Å². The summed E-state index contributed by atoms with van der Waals surface area (Å²) in [7, 11) is 0. The summed E-state index contributed by atoms with van der Waals surface area (Å²) in [5.74, 6) is 0.111. The third-order valence-corrected chi connectivity index (χ3v) is 4.53. The van der Waals surface area contributed by atoms with E-state index in [1.165, 1.54) is 6.21 Å². The van der Waals surface area contributed by atoms with Gasteiger partial charge in [0.05, 0.1) is 12.0 Å². The number of carbonyl (C=O) groups excluding carboxylic acids is 1. The van der Waals surface area contributed by atoms with Crippen LogP contribution in [-0.4, -0.2) is 33.1 Å². The Labute approximate surface area is 169 Å². The Balaban J connectivity index is 1.53. The van der Waals surface area contributed by atoms with E-state index in [0.717, 1.165) is 17.3 Å². The van der Waals surface area contributed by atoms with E-state index in [9.17, 15) is 14.4 Å². The first kappa shape index (κ1) is 20.1. The van der Waals surface area contributed by atoms with Crippen LogP contribution in [0.25, 0.3) is 0 Å². The minimum atomic E-state index is -0.707. The van der Waals surface area contributed by atoms with Crippen LogP contribution < -0.4 is 21.4 Å². The molecule has 0 fully saturated rings. The second kappa shape index (κ2) is 10.0. The van der Waals surface area contributed by atoms with Gasteiger partial charge in [0, 0.05) is 5.56 Å². The van der Waals surface area contributed by atoms with Crippen LogP contribution in [0.2, 0.25) is 0 Å². The summed E-state index contributed by atoms with van der Waals surface area (Å²) in [6.07, 6.45) is 1.48. The first-order valence-corrected chi connectivity index (χ1v) is 9.50. The van der Waals surface area contributed by atoms with Gasteiger partial charge in [0.1, 0.15) is 12.4 Å². The molecule has 0 radical (unpaired) electrons. The predicted molar refractivity (Wildman–Crippen MR) is 109 cm³/mol. The van der Waals surface area contributed by atoms with E-state index in [4.69, 9.17) is 4.74 Å². The Morgan fingerprint density at radius 1 is 1.14 bits per heavy atom. The summed E-state index contributed by atoms with van der Waals surface area (Å²) in [5.41, 5.74) is 2.76. The minimum Gasteiger partial charge on any atom is -0.488 e. The molecule has 0 aliphatic rings. The van der Waals surface area contributed by atoms with Crippen LogP contribution in [0.3, 0.4) is 0 Å². The van der Waals surface area contributed by atoms with Gasteiger partial charge in [-0.05, 0) is 17.7 Å². The SMILES string of the molecule is O=C(CSc1n[nH]c(=O)[nH]c1=O)N/N=C/c1ccccc1OCc1ccccc1. The van der Waals surface area contributed by atoms with Crippen molar-refractivity contribution >= 4 is 23.9 Å². The van der Waals surface area contributed by atoms with Crippen molar-refractivity contribution < 1.29 is 9.53 Å². The van der Waals surface area contributed by atoms with Crippen LogP contribution in [0, 0.1) is 0 Å². The summed E-state index contributed by atoms with van der Waals surface area (Å²) in [6, 6.07) is 17.1. The number of para-hydroxylation sites is 1. The number of nitrogens with zero attached hydrogens (tertiary/aromatic N) is 2. The zero-order valence-electron chi connectivity index (χ0n) is 15.1. The zero-order chi connectivity index (χ0) is 20.5. The number of rotatable bonds is 8. The van der Waals surface area contributed by atoms with Crippen molar-refractivity contribution in [3.05, 3.63) is 86.6 Å². The van der Waals surface area contributed by atoms with E-state index in [2.05, 4.69) is 20.7 Å². The largest absolute Gasteiger partial charge is 0.488 e. The number of aromatic amines is 2. The maximum absolute atomic E-state index is 11.9. The number of amides is 1. The molecule has 0 saturated carbocycles. The Bertz CT molecular complexity index is 1110. The zero-order valence-corrected chi connectivity index (χ0v) is 15.9. The molecule has 0 bridgehead atoms. The van der Waals surface area contributed by atoms with E-state index in [0.29, 0.717) is 17.9 Å². The van der Waals surface area contributed by atoms with Gasteiger partial charge in [0.25, 0.3) is 5.56 Å². The smallest absolute Gasteiger partial charge is 0.342 e. The molecular weight excluding hydrogens is 394 g/mol. The molecule has 1 amide bonds. The fourth-order valence-electron chi connectivity index (χ4n) is 2.23. The monoisotopic (exact) mass is 411 g/mol. The number of hydrogen-bond acceptors (Lipinski definition) is 7. The lowest BCUT2D eigenvalue weighted by atomic mass is 10.2. The van der Waals surface area contributed by atoms with E-state index in [1.54, 1.807) is 0 Å². The third kappa shape index (κ3) is 6.18. The predicted octanol–water partition coefficient (Wildman–Crippen LogP) is 1.28. The minimum absolute atomic E-state index is 0.0108. The number of hydrazone groups is 1. The van der Waals surface area contributed by atoms with Crippen molar-refractivity contribution in [3.63, 3.8) is 0 Å². The number of thioether (sulfide) groups is 1. The van der Waals surface area contributed by atoms with Gasteiger partial charge >= 0.3 is 5.69 Å². The molecule has 3 aromatic rings. The van der Waals surface area contributed by atoms with Gasteiger partial charge in [-0.25, -0.2) is 15.3 Å². The van der Waals surface area contributed by atoms with Crippen LogP contribution in [0.1, 0.15) is 11.1 Å². The van der Waals surface area contributed by atoms with Gasteiger partial charge in [-0.1, -0.05) is 54.2 Å². The normalized spacial score (nSPS) is 10.8. The number of nitrogens with one attached hydrogen (secondary N) is 3. The van der Waals surface area contributed by atoms with Crippen LogP contribution in [0.4, 0.5) is 0 Å². The highest BCUT2D eigenvalue weighted by molar-refractivity contribution is 7.99. The van der Waals surface area contributed by atoms with Crippen LogP contribution in [-0.2, 0) is 11.4 Å². The van der Waals surface area contributed by atoms with Crippen LogP contribution in [0.15, 0.2) is 74.3 Å². The Kier molecular flexibility index (Phi) is 6.95. The highest BCUT2D eigenvalue weighted by atomic mass is 32.2. The van der Waals surface area contributed by atoms with Crippen LogP contribution in [0.5, 0.6) is 5.75 Å². The molecule has 0 aliphatic carbocycles. The number of hydrogen-bond donors (Lipinski definition) is 3. The lowest BCUT2D eigenvalue weighted by molar-refractivity contribution is -0.118. The number of carbonyl (C=O) groups is 1. The quantitative estimate of drug-likeness (QED) is 0.291. The highest BCUT2D eigenvalue weighted by Gasteiger charge is 2.07. The summed E-state index contributed by atoms with van der Waals surface area (Å²) in [6.45, 7) is 0.412. The molecule has 29 heavy (non-hydrogen) atoms. The maximum Gasteiger partial charge on any atom is 0.342 e. The third-order valence-electron chi connectivity index (χ3n) is 3.57. The molecule has 1 aromatic heterocycles. The van der Waals surface area contributed by atoms with Gasteiger partial charge in [0.2, 0.25) is 5.91 Å². The lowest BCUT2D eigenvalue weighted by Crippen LogP contribution is -2.26. The number of H-pyrrole nitrogens is 2. The molecule has 3 rings (SSSR count). The van der Waals surface area contributed by atoms with E-state index < -0.39 is 17.2 Å². The first-order valence-electron chi connectivity index (χ1n) is 8.51. The summed E-state index contributed by atoms with van der Waals surface area (Å²) in [5, 5.41) is 9.60. The molecule has 3 N–H and O–H groups in total. The Morgan fingerprint density at radius 2 is 1.90 bits per heavy atom. The van der Waals surface area contributed by atoms with Crippen molar-refractivity contribution in [1.29, 1.82) is 0 Å². The first-order chi connectivity index (χ1) is 14.1. The van der Waals surface area contributed by atoms with Gasteiger partial charge in [-0.3, -0.25) is 14.6 Å². The van der Waals surface area contributed by atoms with Crippen molar-refractivity contribution in [3.8, 4) is 5.75 Å². The second-order valence-electron chi connectivity index (χ2n) is 5.71. The van der Waals surface area contributed by atoms with Crippen LogP contribution >= 0.6 is 11.8 Å². The van der Waals surface area contributed by atoms with Gasteiger partial charge in [-0.2, -0.15) is 10.2 Å². The van der Waals surface area contributed by atoms with Crippen molar-refractivity contribution in [1.82, 2.24) is 20.6 Å². The standard InChI is InChI=1S/C19H17N5O4S/c25-16(12-29-18-17(26)21-19(27)24-23-18)22-20-10-14-8-4-5-9-15(14)28-11-13-6-2-1-3-7-13/h1-10H,11-12H2,(H,22,25)(H2,21,24,26,27)/b20-10+. The van der Waals surface area contributed by atoms with Crippen molar-refractivity contribution in [2.24, 2.45) is 5.10 Å². The van der Waals surface area contributed by atoms with Gasteiger partial charge in [0.15, 0.2) is 5.03 Å². The molecule has 1 heterocycles. The lowest BCUT2D eigenvalue weighted by Gasteiger charge is -2.08. The molecule has 9 nitrogen and oxygen atoms in total.